The van der Waals surface area contributed by atoms with E-state index in [2.05, 4.69) is 22.1 Å². The number of anilines is 1. The SMILES string of the molecule is CC1CNCC2Cc3cc(Cl)c(C(F)F)nc3N12. The second-order valence-electron chi connectivity index (χ2n) is 4.91. The Labute approximate surface area is 109 Å². The van der Waals surface area contributed by atoms with E-state index < -0.39 is 6.43 Å². The van der Waals surface area contributed by atoms with Crippen LogP contribution < -0.4 is 10.2 Å². The molecule has 3 rings (SSSR count). The normalized spacial score (nSPS) is 26.4. The fourth-order valence-corrected chi connectivity index (χ4v) is 3.14. The minimum Gasteiger partial charge on any atom is -0.348 e. The van der Waals surface area contributed by atoms with Gasteiger partial charge in [0.05, 0.1) is 5.02 Å². The second kappa shape index (κ2) is 4.31. The van der Waals surface area contributed by atoms with Crippen LogP contribution in [0.2, 0.25) is 5.02 Å². The van der Waals surface area contributed by atoms with Crippen LogP contribution >= 0.6 is 11.6 Å². The molecule has 3 heterocycles. The van der Waals surface area contributed by atoms with Crippen molar-refractivity contribution in [2.24, 2.45) is 0 Å². The molecule has 3 nitrogen and oxygen atoms in total. The first-order valence-corrected chi connectivity index (χ1v) is 6.42. The zero-order valence-corrected chi connectivity index (χ0v) is 10.7. The fraction of sp³-hybridized carbons (Fsp3) is 0.583. The molecule has 1 fully saturated rings. The van der Waals surface area contributed by atoms with E-state index in [1.165, 1.54) is 0 Å². The lowest BCUT2D eigenvalue weighted by Crippen LogP contribution is -2.55. The molecule has 0 radical (unpaired) electrons. The van der Waals surface area contributed by atoms with Crippen molar-refractivity contribution in [3.8, 4) is 0 Å². The van der Waals surface area contributed by atoms with Crippen LogP contribution in [0.4, 0.5) is 14.6 Å². The molecule has 18 heavy (non-hydrogen) atoms. The molecule has 6 heteroatoms. The van der Waals surface area contributed by atoms with Crippen LogP contribution in [0.15, 0.2) is 6.07 Å². The van der Waals surface area contributed by atoms with Gasteiger partial charge in [-0.1, -0.05) is 11.6 Å². The van der Waals surface area contributed by atoms with Crippen LogP contribution in [-0.2, 0) is 6.42 Å². The number of nitrogens with zero attached hydrogens (tertiary/aromatic N) is 2. The lowest BCUT2D eigenvalue weighted by Gasteiger charge is -2.37. The summed E-state index contributed by atoms with van der Waals surface area (Å²) in [5.41, 5.74) is 0.673. The summed E-state index contributed by atoms with van der Waals surface area (Å²) in [5.74, 6) is 0.689. The fourth-order valence-electron chi connectivity index (χ4n) is 2.88. The van der Waals surface area contributed by atoms with Gasteiger partial charge in [0.15, 0.2) is 0 Å². The Morgan fingerprint density at radius 3 is 3.00 bits per heavy atom. The van der Waals surface area contributed by atoms with Crippen molar-refractivity contribution < 1.29 is 8.78 Å². The van der Waals surface area contributed by atoms with Crippen molar-refractivity contribution in [2.75, 3.05) is 18.0 Å². The van der Waals surface area contributed by atoms with Gasteiger partial charge < -0.3 is 10.2 Å². The first-order chi connectivity index (χ1) is 8.58. The molecule has 2 aliphatic rings. The molecule has 1 saturated heterocycles. The molecule has 1 aromatic heterocycles. The van der Waals surface area contributed by atoms with E-state index in [-0.39, 0.29) is 16.8 Å². The van der Waals surface area contributed by atoms with Gasteiger partial charge in [0, 0.05) is 25.2 Å². The van der Waals surface area contributed by atoms with Gasteiger partial charge in [0.25, 0.3) is 6.43 Å². The Bertz CT molecular complexity index is 481. The summed E-state index contributed by atoms with van der Waals surface area (Å²) in [6.45, 7) is 3.79. The number of rotatable bonds is 1. The molecule has 1 N–H and O–H groups in total. The highest BCUT2D eigenvalue weighted by Crippen LogP contribution is 2.38. The number of fused-ring (bicyclic) bond motifs is 3. The largest absolute Gasteiger partial charge is 0.348 e. The molecule has 2 aliphatic heterocycles. The third kappa shape index (κ3) is 1.77. The van der Waals surface area contributed by atoms with Crippen LogP contribution in [0.5, 0.6) is 0 Å². The van der Waals surface area contributed by atoms with E-state index >= 15 is 0 Å². The smallest absolute Gasteiger partial charge is 0.281 e. The van der Waals surface area contributed by atoms with E-state index in [9.17, 15) is 8.78 Å². The van der Waals surface area contributed by atoms with Gasteiger partial charge in [0.1, 0.15) is 11.5 Å². The van der Waals surface area contributed by atoms with Crippen LogP contribution in [0.1, 0.15) is 24.6 Å². The number of aromatic nitrogens is 1. The van der Waals surface area contributed by atoms with Gasteiger partial charge in [-0.25, -0.2) is 13.8 Å². The topological polar surface area (TPSA) is 28.2 Å². The zero-order valence-electron chi connectivity index (χ0n) is 9.96. The molecule has 0 amide bonds. The van der Waals surface area contributed by atoms with Crippen LogP contribution in [0.25, 0.3) is 0 Å². The zero-order chi connectivity index (χ0) is 12.9. The summed E-state index contributed by atoms with van der Waals surface area (Å²) in [6.07, 6.45) is -1.80. The molecule has 0 aromatic carbocycles. The highest BCUT2D eigenvalue weighted by Gasteiger charge is 2.37. The van der Waals surface area contributed by atoms with Crippen molar-refractivity contribution in [3.63, 3.8) is 0 Å². The maximum Gasteiger partial charge on any atom is 0.281 e. The van der Waals surface area contributed by atoms with E-state index in [0.29, 0.717) is 11.9 Å². The summed E-state index contributed by atoms with van der Waals surface area (Å²) in [5, 5.41) is 3.42. The molecule has 0 bridgehead atoms. The monoisotopic (exact) mass is 273 g/mol. The Balaban J connectivity index is 2.06. The number of alkyl halides is 2. The molecule has 0 saturated carbocycles. The van der Waals surface area contributed by atoms with Crippen molar-refractivity contribution in [2.45, 2.75) is 31.9 Å². The number of nitrogens with one attached hydrogen (secondary N) is 1. The summed E-state index contributed by atoms with van der Waals surface area (Å²) in [7, 11) is 0. The quantitative estimate of drug-likeness (QED) is 0.852. The first kappa shape index (κ1) is 12.1. The van der Waals surface area contributed by atoms with Crippen LogP contribution in [-0.4, -0.2) is 30.2 Å². The standard InChI is InChI=1S/C12H14ClF2N3/c1-6-4-16-5-8-2-7-3-9(13)10(11(14)15)17-12(7)18(6)8/h3,6,8,11,16H,2,4-5H2,1H3. The van der Waals surface area contributed by atoms with Crippen molar-refractivity contribution >= 4 is 17.4 Å². The maximum absolute atomic E-state index is 12.8. The molecule has 0 aliphatic carbocycles. The van der Waals surface area contributed by atoms with Crippen molar-refractivity contribution in [1.29, 1.82) is 0 Å². The molecule has 98 valence electrons. The molecule has 2 unspecified atom stereocenters. The highest BCUT2D eigenvalue weighted by atomic mass is 35.5. The Hall–Kier alpha value is -0.940. The summed E-state index contributed by atoms with van der Waals surface area (Å²) in [4.78, 5) is 6.25. The Morgan fingerprint density at radius 2 is 2.28 bits per heavy atom. The minimum atomic E-state index is -2.62. The van der Waals surface area contributed by atoms with Gasteiger partial charge in [-0.05, 0) is 25.0 Å². The number of pyridine rings is 1. The van der Waals surface area contributed by atoms with Gasteiger partial charge in [-0.15, -0.1) is 0 Å². The third-order valence-electron chi connectivity index (χ3n) is 3.65. The Kier molecular flexibility index (Phi) is 2.90. The number of piperazine rings is 1. The van der Waals surface area contributed by atoms with E-state index in [1.54, 1.807) is 6.07 Å². The molecular formula is C12H14ClF2N3. The predicted octanol–water partition coefficient (Wildman–Crippen LogP) is 2.40. The van der Waals surface area contributed by atoms with Crippen LogP contribution in [0, 0.1) is 0 Å². The van der Waals surface area contributed by atoms with Crippen molar-refractivity contribution in [3.05, 3.63) is 22.3 Å². The van der Waals surface area contributed by atoms with E-state index in [1.807, 2.05) is 0 Å². The third-order valence-corrected chi connectivity index (χ3v) is 3.96. The molecular weight excluding hydrogens is 260 g/mol. The van der Waals surface area contributed by atoms with E-state index in [0.717, 1.165) is 25.1 Å². The minimum absolute atomic E-state index is 0.0733. The summed E-state index contributed by atoms with van der Waals surface area (Å²) < 4.78 is 25.7. The van der Waals surface area contributed by atoms with Crippen LogP contribution in [0.3, 0.4) is 0 Å². The molecule has 2 atom stereocenters. The molecule has 1 aromatic rings. The average molecular weight is 274 g/mol. The Morgan fingerprint density at radius 1 is 1.50 bits per heavy atom. The number of hydrogen-bond acceptors (Lipinski definition) is 3. The van der Waals surface area contributed by atoms with Crippen molar-refractivity contribution in [1.82, 2.24) is 10.3 Å². The maximum atomic E-state index is 12.8. The molecule has 0 spiro atoms. The lowest BCUT2D eigenvalue weighted by molar-refractivity contribution is 0.146. The number of halogens is 3. The second-order valence-corrected chi connectivity index (χ2v) is 5.32. The number of hydrogen-bond donors (Lipinski definition) is 1. The summed E-state index contributed by atoms with van der Waals surface area (Å²) >= 11 is 5.86. The highest BCUT2D eigenvalue weighted by molar-refractivity contribution is 6.31. The first-order valence-electron chi connectivity index (χ1n) is 6.04. The van der Waals surface area contributed by atoms with E-state index in [4.69, 9.17) is 11.6 Å². The van der Waals surface area contributed by atoms with Gasteiger partial charge in [-0.3, -0.25) is 0 Å². The van der Waals surface area contributed by atoms with Gasteiger partial charge >= 0.3 is 0 Å². The van der Waals surface area contributed by atoms with Gasteiger partial charge in [-0.2, -0.15) is 0 Å². The summed E-state index contributed by atoms with van der Waals surface area (Å²) in [6, 6.07) is 2.22. The predicted molar refractivity (Wildman–Crippen MR) is 66.5 cm³/mol. The van der Waals surface area contributed by atoms with Gasteiger partial charge in [0.2, 0.25) is 0 Å². The average Bonchev–Trinajstić information content (AvgIpc) is 2.65. The lowest BCUT2D eigenvalue weighted by atomic mass is 10.1.